The van der Waals surface area contributed by atoms with Crippen molar-refractivity contribution >= 4 is 27.5 Å². The van der Waals surface area contributed by atoms with Crippen LogP contribution in [0.1, 0.15) is 22.7 Å². The van der Waals surface area contributed by atoms with Gasteiger partial charge in [0.2, 0.25) is 0 Å². The van der Waals surface area contributed by atoms with Crippen molar-refractivity contribution in [3.05, 3.63) is 50.7 Å². The molecule has 0 spiro atoms. The van der Waals surface area contributed by atoms with Gasteiger partial charge in [0, 0.05) is 23.0 Å². The number of hydrogen-bond acceptors (Lipinski definition) is 2. The normalized spacial score (nSPS) is 12.7. The van der Waals surface area contributed by atoms with E-state index < -0.39 is 0 Å². The van der Waals surface area contributed by atoms with Crippen LogP contribution < -0.4 is 5.73 Å². The first-order chi connectivity index (χ1) is 9.02. The number of nitrogens with zero attached hydrogens (tertiary/aromatic N) is 2. The zero-order valence-corrected chi connectivity index (χ0v) is 13.4. The van der Waals surface area contributed by atoms with Gasteiger partial charge in [-0.1, -0.05) is 39.7 Å². The third-order valence-corrected chi connectivity index (χ3v) is 4.35. The van der Waals surface area contributed by atoms with Gasteiger partial charge in [-0.3, -0.25) is 4.68 Å². The van der Waals surface area contributed by atoms with Crippen molar-refractivity contribution in [3.63, 3.8) is 0 Å². The van der Waals surface area contributed by atoms with Crippen LogP contribution >= 0.6 is 27.5 Å². The van der Waals surface area contributed by atoms with Crippen LogP contribution in [-0.2, 0) is 13.5 Å². The molecule has 0 aliphatic heterocycles. The summed E-state index contributed by atoms with van der Waals surface area (Å²) in [5.74, 6) is 0.258. The second kappa shape index (κ2) is 6.07. The van der Waals surface area contributed by atoms with Crippen LogP contribution in [-0.4, -0.2) is 16.3 Å². The molecule has 1 aromatic carbocycles. The van der Waals surface area contributed by atoms with E-state index in [9.17, 15) is 0 Å². The van der Waals surface area contributed by atoms with E-state index in [4.69, 9.17) is 17.3 Å². The summed E-state index contributed by atoms with van der Waals surface area (Å²) >= 11 is 9.72. The topological polar surface area (TPSA) is 43.8 Å². The zero-order valence-electron chi connectivity index (χ0n) is 11.0. The van der Waals surface area contributed by atoms with Gasteiger partial charge in [0.05, 0.1) is 5.69 Å². The Balaban J connectivity index is 2.26. The Morgan fingerprint density at radius 1 is 1.37 bits per heavy atom. The van der Waals surface area contributed by atoms with Crippen LogP contribution in [0.4, 0.5) is 0 Å². The summed E-state index contributed by atoms with van der Waals surface area (Å²) in [5.41, 5.74) is 9.20. The molecule has 2 aromatic rings. The molecule has 1 aromatic heterocycles. The molecule has 3 nitrogen and oxygen atoms in total. The molecule has 2 N–H and O–H groups in total. The van der Waals surface area contributed by atoms with Gasteiger partial charge in [0.15, 0.2) is 0 Å². The van der Waals surface area contributed by atoms with Gasteiger partial charge in [-0.15, -0.1) is 0 Å². The van der Waals surface area contributed by atoms with Crippen LogP contribution in [0, 0.1) is 6.92 Å². The van der Waals surface area contributed by atoms with Crippen molar-refractivity contribution < 1.29 is 0 Å². The second-order valence-electron chi connectivity index (χ2n) is 4.67. The summed E-state index contributed by atoms with van der Waals surface area (Å²) in [7, 11) is 1.86. The summed E-state index contributed by atoms with van der Waals surface area (Å²) < 4.78 is 2.78. The predicted molar refractivity (Wildman–Crippen MR) is 82.6 cm³/mol. The molecule has 0 radical (unpaired) electrons. The van der Waals surface area contributed by atoms with Gasteiger partial charge in [-0.25, -0.2) is 0 Å². The van der Waals surface area contributed by atoms with Gasteiger partial charge in [-0.2, -0.15) is 5.10 Å². The molecule has 102 valence electrons. The van der Waals surface area contributed by atoms with Crippen molar-refractivity contribution in [3.8, 4) is 0 Å². The average Bonchev–Trinajstić information content (AvgIpc) is 2.63. The highest BCUT2D eigenvalue weighted by molar-refractivity contribution is 9.10. The molecule has 19 heavy (non-hydrogen) atoms. The monoisotopic (exact) mass is 341 g/mol. The zero-order chi connectivity index (χ0) is 14.0. The first-order valence-electron chi connectivity index (χ1n) is 6.16. The lowest BCUT2D eigenvalue weighted by Crippen LogP contribution is -2.15. The maximum absolute atomic E-state index is 6.28. The Hall–Kier alpha value is -0.840. The molecule has 1 atom stereocenters. The molecule has 0 saturated carbocycles. The minimum absolute atomic E-state index is 0.258. The van der Waals surface area contributed by atoms with Crippen LogP contribution in [0.3, 0.4) is 0 Å². The summed E-state index contributed by atoms with van der Waals surface area (Å²) in [6.07, 6.45) is 0.816. The van der Waals surface area contributed by atoms with Gasteiger partial charge in [0.1, 0.15) is 5.15 Å². The van der Waals surface area contributed by atoms with Gasteiger partial charge < -0.3 is 5.73 Å². The number of halogens is 2. The van der Waals surface area contributed by atoms with Crippen LogP contribution in [0.5, 0.6) is 0 Å². The standard InChI is InChI=1S/C14H17BrClN3/c1-9-13(14(16)19(2)18-9)7-11(8-17)10-3-5-12(15)6-4-10/h3-6,11H,7-8,17H2,1-2H3. The van der Waals surface area contributed by atoms with Crippen LogP contribution in [0.25, 0.3) is 0 Å². The maximum Gasteiger partial charge on any atom is 0.130 e. The number of aryl methyl sites for hydroxylation is 2. The van der Waals surface area contributed by atoms with Crippen molar-refractivity contribution in [1.29, 1.82) is 0 Å². The highest BCUT2D eigenvalue weighted by atomic mass is 79.9. The second-order valence-corrected chi connectivity index (χ2v) is 5.94. The maximum atomic E-state index is 6.28. The van der Waals surface area contributed by atoms with Crippen molar-refractivity contribution in [1.82, 2.24) is 9.78 Å². The summed E-state index contributed by atoms with van der Waals surface area (Å²) in [4.78, 5) is 0. The molecule has 5 heteroatoms. The van der Waals surface area contributed by atoms with Crippen molar-refractivity contribution in [2.45, 2.75) is 19.3 Å². The Labute approximate surface area is 126 Å². The summed E-state index contributed by atoms with van der Waals surface area (Å²) in [5, 5.41) is 5.04. The van der Waals surface area contributed by atoms with E-state index >= 15 is 0 Å². The quantitative estimate of drug-likeness (QED) is 0.925. The summed E-state index contributed by atoms with van der Waals surface area (Å²) in [6, 6.07) is 8.27. The lowest BCUT2D eigenvalue weighted by atomic mass is 9.92. The lowest BCUT2D eigenvalue weighted by molar-refractivity contribution is 0.691. The Morgan fingerprint density at radius 3 is 2.47 bits per heavy atom. The molecule has 1 heterocycles. The van der Waals surface area contributed by atoms with E-state index in [1.807, 2.05) is 26.1 Å². The molecule has 0 aliphatic rings. The van der Waals surface area contributed by atoms with E-state index in [0.29, 0.717) is 11.7 Å². The van der Waals surface area contributed by atoms with E-state index in [1.54, 1.807) is 4.68 Å². The van der Waals surface area contributed by atoms with Crippen LogP contribution in [0.2, 0.25) is 5.15 Å². The SMILES string of the molecule is Cc1nn(C)c(Cl)c1CC(CN)c1ccc(Br)cc1. The number of rotatable bonds is 4. The smallest absolute Gasteiger partial charge is 0.130 e. The number of nitrogens with two attached hydrogens (primary N) is 1. The van der Waals surface area contributed by atoms with Gasteiger partial charge >= 0.3 is 0 Å². The number of benzene rings is 1. The van der Waals surface area contributed by atoms with E-state index in [0.717, 1.165) is 22.2 Å². The van der Waals surface area contributed by atoms with Gasteiger partial charge in [-0.05, 0) is 37.6 Å². The largest absolute Gasteiger partial charge is 0.330 e. The summed E-state index contributed by atoms with van der Waals surface area (Å²) in [6.45, 7) is 2.57. The first kappa shape index (κ1) is 14.6. The Bertz CT molecular complexity index is 563. The fraction of sp³-hybridized carbons (Fsp3) is 0.357. The van der Waals surface area contributed by atoms with Crippen molar-refractivity contribution in [2.24, 2.45) is 12.8 Å². The molecule has 1 unspecified atom stereocenters. The highest BCUT2D eigenvalue weighted by Crippen LogP contribution is 2.27. The number of hydrogen-bond donors (Lipinski definition) is 1. The molecular formula is C14H17BrClN3. The Morgan fingerprint density at radius 2 is 2.00 bits per heavy atom. The molecule has 0 fully saturated rings. The molecule has 2 rings (SSSR count). The molecule has 0 bridgehead atoms. The number of aromatic nitrogens is 2. The fourth-order valence-corrected chi connectivity index (χ4v) is 2.74. The fourth-order valence-electron chi connectivity index (χ4n) is 2.22. The molecule has 0 saturated heterocycles. The lowest BCUT2D eigenvalue weighted by Gasteiger charge is -2.15. The van der Waals surface area contributed by atoms with E-state index in [1.165, 1.54) is 5.56 Å². The minimum Gasteiger partial charge on any atom is -0.330 e. The predicted octanol–water partition coefficient (Wildman–Crippen LogP) is 3.43. The average molecular weight is 343 g/mol. The van der Waals surface area contributed by atoms with E-state index in [-0.39, 0.29) is 5.92 Å². The molecule has 0 amide bonds. The molecular weight excluding hydrogens is 326 g/mol. The third-order valence-electron chi connectivity index (χ3n) is 3.35. The first-order valence-corrected chi connectivity index (χ1v) is 7.33. The Kier molecular flexibility index (Phi) is 4.66. The van der Waals surface area contributed by atoms with Crippen molar-refractivity contribution in [2.75, 3.05) is 6.54 Å². The highest BCUT2D eigenvalue weighted by Gasteiger charge is 2.17. The minimum atomic E-state index is 0.258. The molecule has 0 aliphatic carbocycles. The van der Waals surface area contributed by atoms with Crippen LogP contribution in [0.15, 0.2) is 28.7 Å². The van der Waals surface area contributed by atoms with Gasteiger partial charge in [0.25, 0.3) is 0 Å². The third kappa shape index (κ3) is 3.19. The van der Waals surface area contributed by atoms with E-state index in [2.05, 4.69) is 33.2 Å².